The molecule has 5 nitrogen and oxygen atoms in total. The van der Waals surface area contributed by atoms with E-state index in [-0.39, 0.29) is 17.4 Å². The van der Waals surface area contributed by atoms with Gasteiger partial charge in [0.15, 0.2) is 0 Å². The number of rotatable bonds is 6. The first-order valence-electron chi connectivity index (χ1n) is 6.54. The van der Waals surface area contributed by atoms with Gasteiger partial charge in [-0.3, -0.25) is 9.59 Å². The van der Waals surface area contributed by atoms with Crippen molar-refractivity contribution in [2.75, 3.05) is 13.7 Å². The summed E-state index contributed by atoms with van der Waals surface area (Å²) >= 11 is 5.35. The molecule has 0 N–H and O–H groups in total. The van der Waals surface area contributed by atoms with Crippen molar-refractivity contribution >= 4 is 16.8 Å². The Labute approximate surface area is 123 Å². The molecular weight excluding hydrogens is 280 g/mol. The van der Waals surface area contributed by atoms with Crippen LogP contribution in [0.1, 0.15) is 38.4 Å². The third-order valence-corrected chi connectivity index (χ3v) is 3.10. The molecule has 1 aromatic heterocycles. The number of carbonyl (C=O) groups is 1. The van der Waals surface area contributed by atoms with Crippen molar-refractivity contribution in [2.24, 2.45) is 0 Å². The Bertz CT molecular complexity index is 532. The van der Waals surface area contributed by atoms with Crippen molar-refractivity contribution in [3.63, 3.8) is 0 Å². The smallest absolute Gasteiger partial charge is 0.270 e. The molecule has 0 aliphatic carbocycles. The molecule has 0 fully saturated rings. The average Bonchev–Trinajstić information content (AvgIpc) is 2.34. The lowest BCUT2D eigenvalue weighted by Crippen LogP contribution is -2.31. The maximum Gasteiger partial charge on any atom is 0.270 e. The van der Waals surface area contributed by atoms with Gasteiger partial charge in [0.2, 0.25) is 5.24 Å². The van der Waals surface area contributed by atoms with Gasteiger partial charge < -0.3 is 4.74 Å². The third-order valence-electron chi connectivity index (χ3n) is 2.92. The highest BCUT2D eigenvalue weighted by Gasteiger charge is 2.19. The van der Waals surface area contributed by atoms with E-state index in [4.69, 9.17) is 16.3 Å². The topological polar surface area (TPSA) is 61.2 Å². The van der Waals surface area contributed by atoms with E-state index in [0.29, 0.717) is 25.1 Å². The number of ether oxygens (including phenoxy) is 1. The van der Waals surface area contributed by atoms with E-state index in [2.05, 4.69) is 5.10 Å². The molecule has 0 aliphatic heterocycles. The normalized spacial score (nSPS) is 11.7. The van der Waals surface area contributed by atoms with E-state index < -0.39 is 5.24 Å². The van der Waals surface area contributed by atoms with Gasteiger partial charge in [0, 0.05) is 24.5 Å². The molecule has 0 spiro atoms. The van der Waals surface area contributed by atoms with Gasteiger partial charge in [-0.2, -0.15) is 5.10 Å². The number of aryl methyl sites for hydroxylation is 1. The van der Waals surface area contributed by atoms with E-state index in [0.717, 1.165) is 5.69 Å². The molecule has 20 heavy (non-hydrogen) atoms. The maximum atomic E-state index is 12.3. The lowest BCUT2D eigenvalue weighted by atomic mass is 9.91. The van der Waals surface area contributed by atoms with Gasteiger partial charge >= 0.3 is 0 Å². The Morgan fingerprint density at radius 3 is 2.60 bits per heavy atom. The van der Waals surface area contributed by atoms with Crippen molar-refractivity contribution in [1.82, 2.24) is 9.78 Å². The van der Waals surface area contributed by atoms with Gasteiger partial charge in [-0.1, -0.05) is 20.8 Å². The highest BCUT2D eigenvalue weighted by molar-refractivity contribution is 6.63. The second-order valence-corrected chi connectivity index (χ2v) is 6.10. The Morgan fingerprint density at radius 2 is 2.10 bits per heavy atom. The monoisotopic (exact) mass is 300 g/mol. The lowest BCUT2D eigenvalue weighted by Gasteiger charge is -2.20. The quantitative estimate of drug-likeness (QED) is 0.753. The van der Waals surface area contributed by atoms with Crippen LogP contribution in [-0.2, 0) is 27.9 Å². The summed E-state index contributed by atoms with van der Waals surface area (Å²) in [5.41, 5.74) is 1.01. The molecule has 0 radical (unpaired) electrons. The van der Waals surface area contributed by atoms with Crippen LogP contribution in [0, 0.1) is 0 Å². The van der Waals surface area contributed by atoms with Crippen LogP contribution >= 0.6 is 11.6 Å². The summed E-state index contributed by atoms with van der Waals surface area (Å²) < 4.78 is 6.39. The van der Waals surface area contributed by atoms with Crippen LogP contribution in [0.4, 0.5) is 0 Å². The molecular formula is C14H21ClN2O3. The number of halogens is 1. The van der Waals surface area contributed by atoms with Gasteiger partial charge in [-0.25, -0.2) is 4.68 Å². The van der Waals surface area contributed by atoms with E-state index >= 15 is 0 Å². The van der Waals surface area contributed by atoms with Crippen molar-refractivity contribution in [1.29, 1.82) is 0 Å². The van der Waals surface area contributed by atoms with Crippen LogP contribution in [-0.4, -0.2) is 28.7 Å². The van der Waals surface area contributed by atoms with Gasteiger partial charge in [0.05, 0.1) is 18.8 Å². The standard InChI is InChI=1S/C14H21ClN2O3/c1-14(2,3)11-9-10(5-6-12(15)18)13(19)17(16-11)7-8-20-4/h9H,5-8H2,1-4H3. The van der Waals surface area contributed by atoms with Gasteiger partial charge in [-0.15, -0.1) is 0 Å². The Hall–Kier alpha value is -1.20. The molecule has 112 valence electrons. The molecule has 1 rings (SSSR count). The van der Waals surface area contributed by atoms with Gasteiger partial charge in [-0.05, 0) is 24.1 Å². The lowest BCUT2D eigenvalue weighted by molar-refractivity contribution is -0.111. The molecule has 1 aromatic rings. The van der Waals surface area contributed by atoms with Crippen molar-refractivity contribution in [2.45, 2.75) is 45.6 Å². The molecule has 0 amide bonds. The first-order valence-corrected chi connectivity index (χ1v) is 6.92. The Kier molecular flexibility index (Phi) is 5.89. The number of nitrogens with zero attached hydrogens (tertiary/aromatic N) is 2. The Morgan fingerprint density at radius 1 is 1.45 bits per heavy atom. The Balaban J connectivity index is 3.20. The summed E-state index contributed by atoms with van der Waals surface area (Å²) in [5, 5.41) is 3.93. The zero-order chi connectivity index (χ0) is 15.3. The molecule has 0 bridgehead atoms. The van der Waals surface area contributed by atoms with Crippen molar-refractivity contribution in [3.05, 3.63) is 27.7 Å². The van der Waals surface area contributed by atoms with E-state index in [1.165, 1.54) is 4.68 Å². The van der Waals surface area contributed by atoms with Gasteiger partial charge in [0.1, 0.15) is 0 Å². The van der Waals surface area contributed by atoms with Gasteiger partial charge in [0.25, 0.3) is 5.56 Å². The molecule has 0 unspecified atom stereocenters. The number of aromatic nitrogens is 2. The van der Waals surface area contributed by atoms with Crippen molar-refractivity contribution in [3.8, 4) is 0 Å². The number of methoxy groups -OCH3 is 1. The van der Waals surface area contributed by atoms with Crippen LogP contribution in [0.5, 0.6) is 0 Å². The fourth-order valence-electron chi connectivity index (χ4n) is 1.70. The third kappa shape index (κ3) is 4.72. The molecule has 0 saturated heterocycles. The van der Waals surface area contributed by atoms with Crippen LogP contribution in [0.2, 0.25) is 0 Å². The van der Waals surface area contributed by atoms with Crippen LogP contribution in [0.3, 0.4) is 0 Å². The zero-order valence-electron chi connectivity index (χ0n) is 12.4. The predicted molar refractivity (Wildman–Crippen MR) is 78.3 cm³/mol. The predicted octanol–water partition coefficient (Wildman–Crippen LogP) is 1.89. The highest BCUT2D eigenvalue weighted by Crippen LogP contribution is 2.19. The summed E-state index contributed by atoms with van der Waals surface area (Å²) in [6, 6.07) is 1.77. The minimum atomic E-state index is -0.443. The van der Waals surface area contributed by atoms with E-state index in [1.54, 1.807) is 13.2 Å². The summed E-state index contributed by atoms with van der Waals surface area (Å²) in [4.78, 5) is 23.1. The first kappa shape index (κ1) is 16.9. The average molecular weight is 301 g/mol. The largest absolute Gasteiger partial charge is 0.383 e. The second kappa shape index (κ2) is 6.99. The molecule has 0 aromatic carbocycles. The van der Waals surface area contributed by atoms with Crippen molar-refractivity contribution < 1.29 is 9.53 Å². The molecule has 0 aliphatic rings. The van der Waals surface area contributed by atoms with Crippen LogP contribution in [0.15, 0.2) is 10.9 Å². The second-order valence-electron chi connectivity index (χ2n) is 5.68. The highest BCUT2D eigenvalue weighted by atomic mass is 35.5. The molecule has 6 heteroatoms. The van der Waals surface area contributed by atoms with Crippen LogP contribution in [0.25, 0.3) is 0 Å². The molecule has 0 atom stereocenters. The SMILES string of the molecule is COCCn1nc(C(C)(C)C)cc(CCC(=O)Cl)c1=O. The fourth-order valence-corrected chi connectivity index (χ4v) is 1.80. The summed E-state index contributed by atoms with van der Waals surface area (Å²) in [6.45, 7) is 6.88. The summed E-state index contributed by atoms with van der Waals surface area (Å²) in [6.07, 6.45) is 0.481. The maximum absolute atomic E-state index is 12.3. The van der Waals surface area contributed by atoms with E-state index in [9.17, 15) is 9.59 Å². The summed E-state index contributed by atoms with van der Waals surface area (Å²) in [5.74, 6) is 0. The summed E-state index contributed by atoms with van der Waals surface area (Å²) in [7, 11) is 1.58. The van der Waals surface area contributed by atoms with E-state index in [1.807, 2.05) is 20.8 Å². The number of hydrogen-bond donors (Lipinski definition) is 0. The minimum absolute atomic E-state index is 0.147. The van der Waals surface area contributed by atoms with Crippen LogP contribution < -0.4 is 5.56 Å². The number of hydrogen-bond acceptors (Lipinski definition) is 4. The zero-order valence-corrected chi connectivity index (χ0v) is 13.2. The molecule has 0 saturated carbocycles. The fraction of sp³-hybridized carbons (Fsp3) is 0.643. The number of carbonyl (C=O) groups excluding carboxylic acids is 1. The first-order chi connectivity index (χ1) is 9.25. The molecule has 1 heterocycles. The minimum Gasteiger partial charge on any atom is -0.383 e.